The number of hydrogen-bond acceptors (Lipinski definition) is 9. The lowest BCUT2D eigenvalue weighted by Gasteiger charge is -2.32. The Bertz CT molecular complexity index is 1020. The molecule has 31 heavy (non-hydrogen) atoms. The van der Waals surface area contributed by atoms with E-state index in [1.165, 1.54) is 10.6 Å². The molecule has 0 spiro atoms. The van der Waals surface area contributed by atoms with Crippen LogP contribution in [0.4, 0.5) is 5.82 Å². The fraction of sp³-hybridized carbons (Fsp3) is 0.722. The largest absolute Gasteiger partial charge is 0.383 e. The highest BCUT2D eigenvalue weighted by Gasteiger charge is 2.26. The third-order valence-corrected chi connectivity index (χ3v) is 7.10. The lowest BCUT2D eigenvalue weighted by atomic mass is 10.3. The summed E-state index contributed by atoms with van der Waals surface area (Å²) in [4.78, 5) is 18.2. The van der Waals surface area contributed by atoms with Crippen LogP contribution in [0.2, 0.25) is 5.28 Å². The van der Waals surface area contributed by atoms with Crippen LogP contribution in [-0.2, 0) is 32.6 Å². The van der Waals surface area contributed by atoms with Crippen molar-refractivity contribution in [1.29, 1.82) is 0 Å². The molecule has 2 fully saturated rings. The summed E-state index contributed by atoms with van der Waals surface area (Å²) in [5, 5.41) is 0.181. The highest BCUT2D eigenvalue weighted by molar-refractivity contribution is 7.88. The third-order valence-electron chi connectivity index (χ3n) is 5.62. The topological polar surface area (TPSA) is 106 Å². The summed E-state index contributed by atoms with van der Waals surface area (Å²) >= 11 is 6.28. The number of ether oxygens (including phenoxy) is 2. The first-order valence-corrected chi connectivity index (χ1v) is 12.5. The number of fused-ring (bicyclic) bond motifs is 1. The molecular weight excluding hydrogens is 446 g/mol. The molecule has 0 aliphatic carbocycles. The summed E-state index contributed by atoms with van der Waals surface area (Å²) in [6.45, 7) is 6.60. The summed E-state index contributed by atoms with van der Waals surface area (Å²) in [5.74, 6) is 1.56. The Morgan fingerprint density at radius 2 is 1.77 bits per heavy atom. The molecule has 0 radical (unpaired) electrons. The first-order chi connectivity index (χ1) is 14.9. The molecule has 2 aromatic heterocycles. The van der Waals surface area contributed by atoms with Crippen molar-refractivity contribution >= 4 is 38.6 Å². The van der Waals surface area contributed by atoms with Crippen LogP contribution < -0.4 is 4.90 Å². The van der Waals surface area contributed by atoms with Crippen LogP contribution >= 0.6 is 11.6 Å². The standard InChI is InChI=1S/C18H28ClN7O4S/c1-29-10-9-26-14(13-23-3-5-25(6-4-23)31(2,27)28)20-15-16(21-18(19)22-17(15)26)24-7-11-30-12-8-24/h3-13H2,1-2H3. The van der Waals surface area contributed by atoms with E-state index in [0.717, 1.165) is 24.7 Å². The molecule has 0 unspecified atom stereocenters. The SMILES string of the molecule is COCCn1c(CN2CCN(S(C)(=O)=O)CC2)nc2c(N3CCOCC3)nc(Cl)nc21. The van der Waals surface area contributed by atoms with Crippen molar-refractivity contribution < 1.29 is 17.9 Å². The highest BCUT2D eigenvalue weighted by atomic mass is 35.5. The molecule has 172 valence electrons. The molecule has 0 aromatic carbocycles. The number of methoxy groups -OCH3 is 1. The van der Waals surface area contributed by atoms with Crippen molar-refractivity contribution in [2.75, 3.05) is 77.4 Å². The van der Waals surface area contributed by atoms with E-state index in [-0.39, 0.29) is 5.28 Å². The van der Waals surface area contributed by atoms with Crippen molar-refractivity contribution in [3.05, 3.63) is 11.1 Å². The number of morpholine rings is 1. The number of nitrogens with zero attached hydrogens (tertiary/aromatic N) is 7. The molecule has 4 rings (SSSR count). The molecular formula is C18H28ClN7O4S. The summed E-state index contributed by atoms with van der Waals surface area (Å²) in [5.41, 5.74) is 1.40. The Morgan fingerprint density at radius 3 is 2.42 bits per heavy atom. The van der Waals surface area contributed by atoms with E-state index in [1.807, 2.05) is 4.57 Å². The van der Waals surface area contributed by atoms with Gasteiger partial charge in [0.25, 0.3) is 0 Å². The van der Waals surface area contributed by atoms with Gasteiger partial charge in [0, 0.05) is 52.9 Å². The molecule has 0 atom stereocenters. The second-order valence-electron chi connectivity index (χ2n) is 7.70. The summed E-state index contributed by atoms with van der Waals surface area (Å²) in [6.07, 6.45) is 1.25. The Hall–Kier alpha value is -1.57. The molecule has 2 aliphatic heterocycles. The van der Waals surface area contributed by atoms with E-state index in [4.69, 9.17) is 26.1 Å². The van der Waals surface area contributed by atoms with Gasteiger partial charge in [-0.25, -0.2) is 13.4 Å². The molecule has 0 bridgehead atoms. The van der Waals surface area contributed by atoms with Crippen LogP contribution in [0.25, 0.3) is 11.2 Å². The van der Waals surface area contributed by atoms with Crippen molar-refractivity contribution in [3.8, 4) is 0 Å². The molecule has 4 heterocycles. The molecule has 2 aliphatic rings. The highest BCUT2D eigenvalue weighted by Crippen LogP contribution is 2.27. The predicted octanol–water partition coefficient (Wildman–Crippen LogP) is 0.0399. The van der Waals surface area contributed by atoms with Crippen LogP contribution in [0.5, 0.6) is 0 Å². The maximum absolute atomic E-state index is 11.8. The van der Waals surface area contributed by atoms with E-state index >= 15 is 0 Å². The first-order valence-electron chi connectivity index (χ1n) is 10.3. The molecule has 0 saturated carbocycles. The maximum Gasteiger partial charge on any atom is 0.226 e. The number of imidazole rings is 1. The second-order valence-corrected chi connectivity index (χ2v) is 10.0. The first kappa shape index (κ1) is 22.6. The molecule has 2 aromatic rings. The van der Waals surface area contributed by atoms with Gasteiger partial charge in [0.1, 0.15) is 5.82 Å². The minimum absolute atomic E-state index is 0.181. The zero-order valence-electron chi connectivity index (χ0n) is 17.8. The van der Waals surface area contributed by atoms with Gasteiger partial charge in [-0.3, -0.25) is 4.90 Å². The van der Waals surface area contributed by atoms with Gasteiger partial charge < -0.3 is 18.9 Å². The zero-order chi connectivity index (χ0) is 22.0. The van der Waals surface area contributed by atoms with Gasteiger partial charge in [0.2, 0.25) is 15.3 Å². The Balaban J connectivity index is 1.64. The minimum atomic E-state index is -3.17. The molecule has 2 saturated heterocycles. The molecule has 0 amide bonds. The van der Waals surface area contributed by atoms with E-state index < -0.39 is 10.0 Å². The zero-order valence-corrected chi connectivity index (χ0v) is 19.4. The van der Waals surface area contributed by atoms with Crippen molar-refractivity contribution in [3.63, 3.8) is 0 Å². The van der Waals surface area contributed by atoms with Gasteiger partial charge in [-0.15, -0.1) is 0 Å². The molecule has 13 heteroatoms. The van der Waals surface area contributed by atoms with Gasteiger partial charge in [0.05, 0.1) is 32.6 Å². The van der Waals surface area contributed by atoms with Crippen molar-refractivity contribution in [1.82, 2.24) is 28.7 Å². The van der Waals surface area contributed by atoms with Crippen LogP contribution in [0.15, 0.2) is 0 Å². The maximum atomic E-state index is 11.8. The second kappa shape index (κ2) is 9.51. The normalized spacial score (nSPS) is 19.4. The van der Waals surface area contributed by atoms with Crippen molar-refractivity contribution in [2.45, 2.75) is 13.1 Å². The van der Waals surface area contributed by atoms with Crippen LogP contribution in [-0.4, -0.2) is 110 Å². The van der Waals surface area contributed by atoms with Gasteiger partial charge in [-0.1, -0.05) is 0 Å². The van der Waals surface area contributed by atoms with Crippen LogP contribution in [0.3, 0.4) is 0 Å². The minimum Gasteiger partial charge on any atom is -0.383 e. The summed E-state index contributed by atoms with van der Waals surface area (Å²) in [7, 11) is -1.51. The van der Waals surface area contributed by atoms with Crippen LogP contribution in [0, 0.1) is 0 Å². The number of piperazine rings is 1. The average molecular weight is 474 g/mol. The summed E-state index contributed by atoms with van der Waals surface area (Å²) in [6, 6.07) is 0. The molecule has 0 N–H and O–H groups in total. The van der Waals surface area contributed by atoms with E-state index in [0.29, 0.717) is 70.3 Å². The predicted molar refractivity (Wildman–Crippen MR) is 117 cm³/mol. The Kier molecular flexibility index (Phi) is 6.94. The average Bonchev–Trinajstić information content (AvgIpc) is 3.08. The van der Waals surface area contributed by atoms with E-state index in [9.17, 15) is 8.42 Å². The number of hydrogen-bond donors (Lipinski definition) is 0. The fourth-order valence-electron chi connectivity index (χ4n) is 3.96. The van der Waals surface area contributed by atoms with Gasteiger partial charge in [-0.05, 0) is 11.6 Å². The van der Waals surface area contributed by atoms with Gasteiger partial charge >= 0.3 is 0 Å². The Morgan fingerprint density at radius 1 is 1.06 bits per heavy atom. The van der Waals surface area contributed by atoms with Crippen LogP contribution in [0.1, 0.15) is 5.82 Å². The van der Waals surface area contributed by atoms with E-state index in [1.54, 1.807) is 7.11 Å². The number of anilines is 1. The lowest BCUT2D eigenvalue weighted by Crippen LogP contribution is -2.48. The Labute approximate surface area is 186 Å². The number of sulfonamides is 1. The van der Waals surface area contributed by atoms with E-state index in [2.05, 4.69) is 19.8 Å². The van der Waals surface area contributed by atoms with Gasteiger partial charge in [0.15, 0.2) is 17.0 Å². The quantitative estimate of drug-likeness (QED) is 0.515. The third kappa shape index (κ3) is 5.10. The number of halogens is 1. The number of rotatable bonds is 7. The lowest BCUT2D eigenvalue weighted by molar-refractivity contribution is 0.122. The smallest absolute Gasteiger partial charge is 0.226 e. The fourth-order valence-corrected chi connectivity index (χ4v) is 4.95. The van der Waals surface area contributed by atoms with Crippen molar-refractivity contribution in [2.24, 2.45) is 0 Å². The summed E-state index contributed by atoms with van der Waals surface area (Å²) < 4.78 is 37.9. The monoisotopic (exact) mass is 473 g/mol. The van der Waals surface area contributed by atoms with Gasteiger partial charge in [-0.2, -0.15) is 14.3 Å². The molecule has 11 nitrogen and oxygen atoms in total. The number of aromatic nitrogens is 4.